The van der Waals surface area contributed by atoms with Crippen LogP contribution in [0.1, 0.15) is 30.5 Å². The van der Waals surface area contributed by atoms with Gasteiger partial charge in [-0.25, -0.2) is 9.18 Å². The summed E-state index contributed by atoms with van der Waals surface area (Å²) in [6.07, 6.45) is -0.759. The third kappa shape index (κ3) is 2.02. The molecule has 136 valence electrons. The zero-order chi connectivity index (χ0) is 18.7. The second-order valence-corrected chi connectivity index (χ2v) is 7.02. The van der Waals surface area contributed by atoms with E-state index in [0.29, 0.717) is 22.6 Å². The largest absolute Gasteiger partial charge is 0.493 e. The summed E-state index contributed by atoms with van der Waals surface area (Å²) in [6.45, 7) is 3.88. The molecule has 2 aliphatic rings. The minimum absolute atomic E-state index is 0.392. The van der Waals surface area contributed by atoms with Crippen LogP contribution in [-0.2, 0) is 25.3 Å². The van der Waals surface area contributed by atoms with Crippen LogP contribution in [0.5, 0.6) is 11.5 Å². The average molecular weight is 358 g/mol. The van der Waals surface area contributed by atoms with Gasteiger partial charge < -0.3 is 18.9 Å². The molecule has 0 saturated carbocycles. The lowest BCUT2D eigenvalue weighted by Gasteiger charge is -2.40. The van der Waals surface area contributed by atoms with E-state index in [9.17, 15) is 9.18 Å². The fraction of sp³-hybridized carbons (Fsp3) is 0.350. The Labute approximate surface area is 150 Å². The highest BCUT2D eigenvalue weighted by atomic mass is 19.1. The van der Waals surface area contributed by atoms with Gasteiger partial charge in [0.05, 0.1) is 19.6 Å². The standard InChI is InChI=1S/C20H19FO5/c1-19(2)13-9-15(23-3)16(24-4)10-14(13)20(17(22)25-18(19)26-20)11-5-7-12(21)8-6-11/h5-10,18H,1-4H3. The molecule has 0 aromatic heterocycles. The van der Waals surface area contributed by atoms with Crippen LogP contribution in [0.4, 0.5) is 4.39 Å². The number of fused-ring (bicyclic) bond motifs is 4. The summed E-state index contributed by atoms with van der Waals surface area (Å²) in [5.74, 6) is 0.123. The number of halogens is 1. The van der Waals surface area contributed by atoms with E-state index in [-0.39, 0.29) is 0 Å². The van der Waals surface area contributed by atoms with Crippen LogP contribution in [0.25, 0.3) is 0 Å². The van der Waals surface area contributed by atoms with Gasteiger partial charge in [0.2, 0.25) is 11.9 Å². The maximum Gasteiger partial charge on any atom is 0.350 e. The number of methoxy groups -OCH3 is 2. The first-order valence-electron chi connectivity index (χ1n) is 8.26. The number of rotatable bonds is 3. The minimum Gasteiger partial charge on any atom is -0.493 e. The van der Waals surface area contributed by atoms with Crippen molar-refractivity contribution in [2.45, 2.75) is 31.2 Å². The van der Waals surface area contributed by atoms with Crippen LogP contribution in [0.15, 0.2) is 36.4 Å². The van der Waals surface area contributed by atoms with Crippen LogP contribution >= 0.6 is 0 Å². The molecule has 0 aliphatic carbocycles. The van der Waals surface area contributed by atoms with E-state index in [4.69, 9.17) is 18.9 Å². The van der Waals surface area contributed by atoms with Crippen molar-refractivity contribution >= 4 is 5.97 Å². The molecule has 2 aromatic rings. The Morgan fingerprint density at radius 2 is 1.58 bits per heavy atom. The lowest BCUT2D eigenvalue weighted by atomic mass is 9.72. The van der Waals surface area contributed by atoms with E-state index in [0.717, 1.165) is 5.56 Å². The third-order valence-electron chi connectivity index (χ3n) is 5.22. The molecule has 26 heavy (non-hydrogen) atoms. The molecule has 2 aromatic carbocycles. The van der Waals surface area contributed by atoms with E-state index >= 15 is 0 Å². The number of carbonyl (C=O) groups excluding carboxylic acids is 1. The Hall–Kier alpha value is -2.60. The summed E-state index contributed by atoms with van der Waals surface area (Å²) in [5, 5.41) is 0. The first-order valence-corrected chi connectivity index (χ1v) is 8.26. The van der Waals surface area contributed by atoms with Crippen LogP contribution < -0.4 is 9.47 Å². The highest BCUT2D eigenvalue weighted by Crippen LogP contribution is 2.55. The summed E-state index contributed by atoms with van der Waals surface area (Å²) in [4.78, 5) is 13.0. The maximum absolute atomic E-state index is 13.4. The Morgan fingerprint density at radius 1 is 1.00 bits per heavy atom. The Kier molecular flexibility index (Phi) is 3.53. The summed E-state index contributed by atoms with van der Waals surface area (Å²) < 4.78 is 36.0. The van der Waals surface area contributed by atoms with Gasteiger partial charge >= 0.3 is 5.97 Å². The fourth-order valence-electron chi connectivity index (χ4n) is 3.74. The number of esters is 1. The van der Waals surface area contributed by atoms with E-state index in [2.05, 4.69) is 0 Å². The molecule has 0 spiro atoms. The van der Waals surface area contributed by atoms with Gasteiger partial charge in [0, 0.05) is 5.56 Å². The number of carbonyl (C=O) groups is 1. The maximum atomic E-state index is 13.4. The van der Waals surface area contributed by atoms with E-state index in [1.54, 1.807) is 13.2 Å². The van der Waals surface area contributed by atoms with Gasteiger partial charge in [0.1, 0.15) is 5.82 Å². The van der Waals surface area contributed by atoms with Crippen molar-refractivity contribution in [3.05, 3.63) is 58.9 Å². The van der Waals surface area contributed by atoms with Crippen LogP contribution in [0.2, 0.25) is 0 Å². The van der Waals surface area contributed by atoms with Crippen LogP contribution in [-0.4, -0.2) is 26.5 Å². The molecule has 2 atom stereocenters. The number of ether oxygens (including phenoxy) is 4. The van der Waals surface area contributed by atoms with Gasteiger partial charge in [-0.2, -0.15) is 0 Å². The molecule has 2 heterocycles. The molecular formula is C20H19FO5. The second-order valence-electron chi connectivity index (χ2n) is 7.02. The molecule has 2 unspecified atom stereocenters. The van der Waals surface area contributed by atoms with E-state index in [1.807, 2.05) is 19.9 Å². The predicted molar refractivity (Wildman–Crippen MR) is 90.7 cm³/mol. The van der Waals surface area contributed by atoms with Gasteiger partial charge in [0.25, 0.3) is 0 Å². The number of hydrogen-bond donors (Lipinski definition) is 0. The van der Waals surface area contributed by atoms with E-state index in [1.165, 1.54) is 31.4 Å². The second kappa shape index (κ2) is 5.45. The van der Waals surface area contributed by atoms with Gasteiger partial charge in [-0.1, -0.05) is 12.1 Å². The monoisotopic (exact) mass is 358 g/mol. The lowest BCUT2D eigenvalue weighted by Crippen LogP contribution is -2.45. The van der Waals surface area contributed by atoms with Gasteiger partial charge in [-0.15, -0.1) is 0 Å². The summed E-state index contributed by atoms with van der Waals surface area (Å²) in [6, 6.07) is 9.27. The fourth-order valence-corrected chi connectivity index (χ4v) is 3.74. The molecule has 0 N–H and O–H groups in total. The van der Waals surface area contributed by atoms with Crippen LogP contribution in [0, 0.1) is 5.82 Å². The van der Waals surface area contributed by atoms with Crippen molar-refractivity contribution in [2.75, 3.05) is 14.2 Å². The molecule has 2 bridgehead atoms. The van der Waals surface area contributed by atoms with Crippen molar-refractivity contribution in [1.82, 2.24) is 0 Å². The Balaban J connectivity index is 2.05. The van der Waals surface area contributed by atoms with Crippen LogP contribution in [0.3, 0.4) is 0 Å². The topological polar surface area (TPSA) is 54.0 Å². The Bertz CT molecular complexity index is 890. The SMILES string of the molecule is COc1cc2c(cc1OC)C(C)(C)C1OC(=O)C2(c2ccc(F)cc2)O1. The molecule has 4 rings (SSSR count). The van der Waals surface area contributed by atoms with Crippen molar-refractivity contribution < 1.29 is 28.1 Å². The zero-order valence-corrected chi connectivity index (χ0v) is 15.0. The van der Waals surface area contributed by atoms with Crippen molar-refractivity contribution in [3.8, 4) is 11.5 Å². The number of benzene rings is 2. The normalized spacial score (nSPS) is 25.4. The summed E-state index contributed by atoms with van der Waals surface area (Å²) in [7, 11) is 3.09. The predicted octanol–water partition coefficient (Wildman–Crippen LogP) is 3.28. The first kappa shape index (κ1) is 16.8. The highest BCUT2D eigenvalue weighted by molar-refractivity contribution is 5.89. The van der Waals surface area contributed by atoms with Crippen molar-refractivity contribution in [1.29, 1.82) is 0 Å². The van der Waals surface area contributed by atoms with Gasteiger partial charge in [0.15, 0.2) is 11.5 Å². The summed E-state index contributed by atoms with van der Waals surface area (Å²) >= 11 is 0. The van der Waals surface area contributed by atoms with Crippen molar-refractivity contribution in [3.63, 3.8) is 0 Å². The third-order valence-corrected chi connectivity index (χ3v) is 5.22. The zero-order valence-electron chi connectivity index (χ0n) is 15.0. The molecule has 0 amide bonds. The van der Waals surface area contributed by atoms with E-state index < -0.39 is 29.1 Å². The molecule has 5 nitrogen and oxygen atoms in total. The molecule has 1 fully saturated rings. The van der Waals surface area contributed by atoms with Gasteiger partial charge in [-0.05, 0) is 49.2 Å². The lowest BCUT2D eigenvalue weighted by molar-refractivity contribution is -0.149. The van der Waals surface area contributed by atoms with Gasteiger partial charge in [-0.3, -0.25) is 0 Å². The highest BCUT2D eigenvalue weighted by Gasteiger charge is 2.63. The molecule has 1 saturated heterocycles. The number of hydrogen-bond acceptors (Lipinski definition) is 5. The Morgan fingerprint density at radius 3 is 2.15 bits per heavy atom. The first-order chi connectivity index (χ1) is 12.3. The molecule has 2 aliphatic heterocycles. The molecule has 0 radical (unpaired) electrons. The minimum atomic E-state index is -1.46. The summed E-state index contributed by atoms with van der Waals surface area (Å²) in [5.41, 5.74) is -0.0599. The molecule has 6 heteroatoms. The quantitative estimate of drug-likeness (QED) is 0.788. The smallest absolute Gasteiger partial charge is 0.350 e. The van der Waals surface area contributed by atoms with Crippen molar-refractivity contribution in [2.24, 2.45) is 0 Å². The average Bonchev–Trinajstić information content (AvgIpc) is 2.97. The molecular weight excluding hydrogens is 339 g/mol.